The summed E-state index contributed by atoms with van der Waals surface area (Å²) in [5.74, 6) is 2.02. The molecule has 1 aromatic heterocycles. The van der Waals surface area contributed by atoms with Gasteiger partial charge in [0.2, 0.25) is 0 Å². The van der Waals surface area contributed by atoms with Gasteiger partial charge in [0.05, 0.1) is 6.26 Å². The van der Waals surface area contributed by atoms with Crippen molar-refractivity contribution in [2.75, 3.05) is 45.9 Å². The molecule has 2 aliphatic rings. The normalized spacial score (nSPS) is 21.6. The van der Waals surface area contributed by atoms with Crippen LogP contribution < -0.4 is 5.32 Å². The van der Waals surface area contributed by atoms with Gasteiger partial charge in [-0.3, -0.25) is 9.79 Å². The first-order chi connectivity index (χ1) is 12.3. The lowest BCUT2D eigenvalue weighted by atomic mass is 10.2. The van der Waals surface area contributed by atoms with Crippen LogP contribution in [0.3, 0.4) is 0 Å². The third kappa shape index (κ3) is 4.75. The van der Waals surface area contributed by atoms with E-state index in [1.54, 1.807) is 6.26 Å². The Morgan fingerprint density at radius 3 is 2.76 bits per heavy atom. The number of rotatable bonds is 5. The summed E-state index contributed by atoms with van der Waals surface area (Å²) in [5.41, 5.74) is 0. The smallest absolute Gasteiger partial charge is 0.251 e. The van der Waals surface area contributed by atoms with Gasteiger partial charge in [-0.2, -0.15) is 0 Å². The van der Waals surface area contributed by atoms with Crippen LogP contribution in [0.1, 0.15) is 25.5 Å². The molecule has 0 bridgehead atoms. The zero-order valence-corrected chi connectivity index (χ0v) is 14.9. The molecule has 7 heteroatoms. The van der Waals surface area contributed by atoms with Gasteiger partial charge in [0.25, 0.3) is 5.91 Å². The Balaban J connectivity index is 1.50. The fourth-order valence-corrected chi connectivity index (χ4v) is 3.27. The van der Waals surface area contributed by atoms with Gasteiger partial charge in [0.15, 0.2) is 5.96 Å². The SMILES string of the molecule is CCNC(=NCCc1ccco1)N1CCN(C(=O)C2CCCO2)CC1. The molecular weight excluding hydrogens is 320 g/mol. The van der Waals surface area contributed by atoms with Crippen molar-refractivity contribution in [1.29, 1.82) is 0 Å². The first-order valence-electron chi connectivity index (χ1n) is 9.24. The summed E-state index contributed by atoms with van der Waals surface area (Å²) >= 11 is 0. The van der Waals surface area contributed by atoms with Crippen LogP contribution in [0.15, 0.2) is 27.8 Å². The molecule has 2 saturated heterocycles. The van der Waals surface area contributed by atoms with Crippen LogP contribution in [0, 0.1) is 0 Å². The largest absolute Gasteiger partial charge is 0.469 e. The lowest BCUT2D eigenvalue weighted by Crippen LogP contribution is -2.55. The number of carbonyl (C=O) groups excluding carboxylic acids is 1. The Morgan fingerprint density at radius 1 is 1.32 bits per heavy atom. The summed E-state index contributed by atoms with van der Waals surface area (Å²) in [7, 11) is 0. The first-order valence-corrected chi connectivity index (χ1v) is 9.24. The van der Waals surface area contributed by atoms with E-state index in [9.17, 15) is 4.79 Å². The number of carbonyl (C=O) groups is 1. The zero-order chi connectivity index (χ0) is 17.5. The number of aliphatic imine (C=N–C) groups is 1. The van der Waals surface area contributed by atoms with Gasteiger partial charge in [-0.05, 0) is 31.9 Å². The van der Waals surface area contributed by atoms with E-state index >= 15 is 0 Å². The Kier molecular flexibility index (Phi) is 6.33. The summed E-state index contributed by atoms with van der Waals surface area (Å²) < 4.78 is 10.9. The van der Waals surface area contributed by atoms with Crippen LogP contribution >= 0.6 is 0 Å². The van der Waals surface area contributed by atoms with Crippen molar-refractivity contribution < 1.29 is 13.9 Å². The van der Waals surface area contributed by atoms with Crippen molar-refractivity contribution in [3.05, 3.63) is 24.2 Å². The molecule has 1 aromatic rings. The topological polar surface area (TPSA) is 70.3 Å². The number of piperazine rings is 1. The van der Waals surface area contributed by atoms with Crippen molar-refractivity contribution in [3.8, 4) is 0 Å². The van der Waals surface area contributed by atoms with Crippen molar-refractivity contribution in [3.63, 3.8) is 0 Å². The highest BCUT2D eigenvalue weighted by atomic mass is 16.5. The third-order valence-electron chi connectivity index (χ3n) is 4.63. The predicted molar refractivity (Wildman–Crippen MR) is 95.5 cm³/mol. The second kappa shape index (κ2) is 8.89. The van der Waals surface area contributed by atoms with E-state index in [1.807, 2.05) is 17.0 Å². The molecule has 3 heterocycles. The van der Waals surface area contributed by atoms with Crippen molar-refractivity contribution in [2.24, 2.45) is 4.99 Å². The Hall–Kier alpha value is -2.02. The third-order valence-corrected chi connectivity index (χ3v) is 4.63. The predicted octanol–water partition coefficient (Wildman–Crippen LogP) is 1.11. The van der Waals surface area contributed by atoms with Crippen molar-refractivity contribution in [2.45, 2.75) is 32.3 Å². The van der Waals surface area contributed by atoms with E-state index in [0.29, 0.717) is 13.2 Å². The van der Waals surface area contributed by atoms with Crippen LogP contribution in [0.4, 0.5) is 0 Å². The fraction of sp³-hybridized carbons (Fsp3) is 0.667. The lowest BCUT2D eigenvalue weighted by molar-refractivity contribution is -0.142. The maximum atomic E-state index is 12.4. The minimum Gasteiger partial charge on any atom is -0.469 e. The van der Waals surface area contributed by atoms with E-state index < -0.39 is 0 Å². The van der Waals surface area contributed by atoms with Crippen molar-refractivity contribution in [1.82, 2.24) is 15.1 Å². The lowest BCUT2D eigenvalue weighted by Gasteiger charge is -2.37. The summed E-state index contributed by atoms with van der Waals surface area (Å²) in [6.45, 7) is 7.33. The summed E-state index contributed by atoms with van der Waals surface area (Å²) in [5, 5.41) is 3.35. The van der Waals surface area contributed by atoms with Gasteiger partial charge in [-0.15, -0.1) is 0 Å². The summed E-state index contributed by atoms with van der Waals surface area (Å²) in [6.07, 6.45) is 4.11. The molecule has 7 nitrogen and oxygen atoms in total. The van der Waals surface area contributed by atoms with Crippen LogP contribution in [0.2, 0.25) is 0 Å². The van der Waals surface area contributed by atoms with Gasteiger partial charge < -0.3 is 24.3 Å². The van der Waals surface area contributed by atoms with Crippen LogP contribution in [0.25, 0.3) is 0 Å². The first kappa shape index (κ1) is 17.8. The highest BCUT2D eigenvalue weighted by Gasteiger charge is 2.30. The highest BCUT2D eigenvalue weighted by Crippen LogP contribution is 2.16. The monoisotopic (exact) mass is 348 g/mol. The molecule has 1 unspecified atom stereocenters. The molecule has 1 atom stereocenters. The molecule has 138 valence electrons. The minimum atomic E-state index is -0.221. The molecule has 0 aliphatic carbocycles. The molecule has 0 aromatic carbocycles. The van der Waals surface area contributed by atoms with E-state index in [-0.39, 0.29) is 12.0 Å². The minimum absolute atomic E-state index is 0.150. The Labute approximate surface area is 149 Å². The number of nitrogens with zero attached hydrogens (tertiary/aromatic N) is 3. The van der Waals surface area contributed by atoms with E-state index in [1.165, 1.54) is 0 Å². The molecule has 0 radical (unpaired) electrons. The van der Waals surface area contributed by atoms with Gasteiger partial charge in [0.1, 0.15) is 11.9 Å². The molecule has 0 spiro atoms. The second-order valence-electron chi connectivity index (χ2n) is 6.38. The molecule has 25 heavy (non-hydrogen) atoms. The standard InChI is InChI=1S/C18H28N4O3/c1-2-19-18(20-8-7-15-5-3-13-24-15)22-11-9-21(10-12-22)17(23)16-6-4-14-25-16/h3,5,13,16H,2,4,6-12,14H2,1H3,(H,19,20). The molecule has 0 saturated carbocycles. The number of ether oxygens (including phenoxy) is 1. The fourth-order valence-electron chi connectivity index (χ4n) is 3.27. The molecule has 1 N–H and O–H groups in total. The molecule has 2 aliphatic heterocycles. The number of furan rings is 1. The quantitative estimate of drug-likeness (QED) is 0.638. The van der Waals surface area contributed by atoms with Crippen LogP contribution in [-0.4, -0.2) is 73.6 Å². The average Bonchev–Trinajstić information content (AvgIpc) is 3.34. The van der Waals surface area contributed by atoms with E-state index in [4.69, 9.17) is 14.1 Å². The van der Waals surface area contributed by atoms with Gasteiger partial charge in [-0.1, -0.05) is 0 Å². The molecule has 3 rings (SSSR count). The number of hydrogen-bond acceptors (Lipinski definition) is 4. The van der Waals surface area contributed by atoms with E-state index in [0.717, 1.165) is 63.7 Å². The number of nitrogens with one attached hydrogen (secondary N) is 1. The molecule has 2 fully saturated rings. The van der Waals surface area contributed by atoms with Crippen LogP contribution in [-0.2, 0) is 16.0 Å². The second-order valence-corrected chi connectivity index (χ2v) is 6.38. The summed E-state index contributed by atoms with van der Waals surface area (Å²) in [6, 6.07) is 3.87. The van der Waals surface area contributed by atoms with Gasteiger partial charge in [-0.25, -0.2) is 0 Å². The Bertz CT molecular complexity index is 559. The molecular formula is C18H28N4O3. The maximum absolute atomic E-state index is 12.4. The highest BCUT2D eigenvalue weighted by molar-refractivity contribution is 5.82. The molecule has 1 amide bonds. The average molecular weight is 348 g/mol. The number of amides is 1. The Morgan fingerprint density at radius 2 is 2.12 bits per heavy atom. The van der Waals surface area contributed by atoms with E-state index in [2.05, 4.69) is 17.1 Å². The van der Waals surface area contributed by atoms with Gasteiger partial charge >= 0.3 is 0 Å². The zero-order valence-electron chi connectivity index (χ0n) is 14.9. The number of guanidine groups is 1. The van der Waals surface area contributed by atoms with Crippen LogP contribution in [0.5, 0.6) is 0 Å². The maximum Gasteiger partial charge on any atom is 0.251 e. The number of hydrogen-bond donors (Lipinski definition) is 1. The van der Waals surface area contributed by atoms with Gasteiger partial charge in [0, 0.05) is 52.3 Å². The van der Waals surface area contributed by atoms with Crippen molar-refractivity contribution >= 4 is 11.9 Å². The summed E-state index contributed by atoms with van der Waals surface area (Å²) in [4.78, 5) is 21.3.